The van der Waals surface area contributed by atoms with Gasteiger partial charge < -0.3 is 5.32 Å². The van der Waals surface area contributed by atoms with Gasteiger partial charge in [-0.15, -0.1) is 0 Å². The fourth-order valence-corrected chi connectivity index (χ4v) is 4.45. The minimum absolute atomic E-state index is 0.180. The first-order valence-corrected chi connectivity index (χ1v) is 8.65. The maximum atomic E-state index is 4.39. The third-order valence-corrected chi connectivity index (χ3v) is 5.73. The van der Waals surface area contributed by atoms with E-state index < -0.39 is 0 Å². The number of benzene rings is 1. The second-order valence-corrected chi connectivity index (χ2v) is 8.15. The van der Waals surface area contributed by atoms with Crippen molar-refractivity contribution in [3.05, 3.63) is 41.7 Å². The lowest BCUT2D eigenvalue weighted by molar-refractivity contribution is 0.422. The molecule has 2 nitrogen and oxygen atoms in total. The van der Waals surface area contributed by atoms with Gasteiger partial charge in [-0.05, 0) is 59.2 Å². The number of aromatic nitrogens is 1. The Morgan fingerprint density at radius 2 is 2.05 bits per heavy atom. The van der Waals surface area contributed by atoms with Gasteiger partial charge in [-0.25, -0.2) is 0 Å². The molecule has 1 aliphatic carbocycles. The zero-order valence-corrected chi connectivity index (χ0v) is 13.9. The van der Waals surface area contributed by atoms with Gasteiger partial charge in [-0.2, -0.15) is 0 Å². The SMILES string of the molecule is CC(C)(C)c1cc(C2NCC3CCCC32)c2cnccc2c1. The molecule has 1 aromatic carbocycles. The van der Waals surface area contributed by atoms with Crippen molar-refractivity contribution in [1.82, 2.24) is 10.3 Å². The van der Waals surface area contributed by atoms with Gasteiger partial charge in [-0.3, -0.25) is 4.98 Å². The molecule has 0 amide bonds. The van der Waals surface area contributed by atoms with Gasteiger partial charge in [0.2, 0.25) is 0 Å². The van der Waals surface area contributed by atoms with E-state index in [0.29, 0.717) is 6.04 Å². The average molecular weight is 294 g/mol. The summed E-state index contributed by atoms with van der Waals surface area (Å²) in [4.78, 5) is 4.39. The third-order valence-electron chi connectivity index (χ3n) is 5.73. The zero-order valence-electron chi connectivity index (χ0n) is 13.9. The van der Waals surface area contributed by atoms with Crippen molar-refractivity contribution in [2.24, 2.45) is 11.8 Å². The summed E-state index contributed by atoms with van der Waals surface area (Å²) in [5.41, 5.74) is 3.09. The first kappa shape index (κ1) is 14.2. The highest BCUT2D eigenvalue weighted by Gasteiger charge is 2.40. The van der Waals surface area contributed by atoms with Crippen LogP contribution in [0.1, 0.15) is 57.2 Å². The van der Waals surface area contributed by atoms with Crippen LogP contribution in [0.5, 0.6) is 0 Å². The van der Waals surface area contributed by atoms with Crippen molar-refractivity contribution in [1.29, 1.82) is 0 Å². The zero-order chi connectivity index (χ0) is 15.3. The van der Waals surface area contributed by atoms with Crippen LogP contribution >= 0.6 is 0 Å². The van der Waals surface area contributed by atoms with Crippen LogP contribution in [0.3, 0.4) is 0 Å². The van der Waals surface area contributed by atoms with Crippen LogP contribution in [0.15, 0.2) is 30.6 Å². The molecule has 2 heterocycles. The van der Waals surface area contributed by atoms with Crippen molar-refractivity contribution in [2.45, 2.75) is 51.5 Å². The molecule has 2 aromatic rings. The Balaban J connectivity index is 1.88. The Morgan fingerprint density at radius 1 is 1.18 bits per heavy atom. The Bertz CT molecular complexity index is 698. The Kier molecular flexibility index (Phi) is 3.26. The first-order valence-electron chi connectivity index (χ1n) is 8.65. The number of rotatable bonds is 1. The van der Waals surface area contributed by atoms with Crippen LogP contribution in [0.25, 0.3) is 10.8 Å². The molecule has 0 radical (unpaired) electrons. The van der Waals surface area contributed by atoms with E-state index in [9.17, 15) is 0 Å². The molecule has 4 rings (SSSR count). The molecule has 2 heteroatoms. The van der Waals surface area contributed by atoms with Gasteiger partial charge >= 0.3 is 0 Å². The maximum Gasteiger partial charge on any atom is 0.0358 e. The van der Waals surface area contributed by atoms with Crippen LogP contribution < -0.4 is 5.32 Å². The van der Waals surface area contributed by atoms with E-state index in [4.69, 9.17) is 0 Å². The Hall–Kier alpha value is -1.41. The number of fused-ring (bicyclic) bond motifs is 2. The Labute approximate surface area is 133 Å². The molecule has 3 unspecified atom stereocenters. The molecule has 1 saturated heterocycles. The smallest absolute Gasteiger partial charge is 0.0358 e. The summed E-state index contributed by atoms with van der Waals surface area (Å²) < 4.78 is 0. The number of hydrogen-bond donors (Lipinski definition) is 1. The monoisotopic (exact) mass is 294 g/mol. The molecule has 22 heavy (non-hydrogen) atoms. The lowest BCUT2D eigenvalue weighted by atomic mass is 9.81. The molecule has 3 atom stereocenters. The van der Waals surface area contributed by atoms with E-state index in [1.807, 2.05) is 6.20 Å². The molecular weight excluding hydrogens is 268 g/mol. The van der Waals surface area contributed by atoms with E-state index in [0.717, 1.165) is 11.8 Å². The predicted molar refractivity (Wildman–Crippen MR) is 92.0 cm³/mol. The van der Waals surface area contributed by atoms with E-state index >= 15 is 0 Å². The van der Waals surface area contributed by atoms with E-state index in [1.165, 1.54) is 47.7 Å². The topological polar surface area (TPSA) is 24.9 Å². The van der Waals surface area contributed by atoms with Crippen LogP contribution in [-0.2, 0) is 5.41 Å². The minimum Gasteiger partial charge on any atom is -0.309 e. The average Bonchev–Trinajstić information content (AvgIpc) is 3.08. The standard InChI is InChI=1S/C20H26N2/c1-20(2,3)15-9-13-7-8-21-12-18(13)17(10-15)19-16-6-4-5-14(16)11-22-19/h7-10,12,14,16,19,22H,4-6,11H2,1-3H3. The first-order chi connectivity index (χ1) is 10.5. The van der Waals surface area contributed by atoms with E-state index in [2.05, 4.69) is 55.5 Å². The van der Waals surface area contributed by atoms with Crippen LogP contribution in [0.4, 0.5) is 0 Å². The number of hydrogen-bond acceptors (Lipinski definition) is 2. The van der Waals surface area contributed by atoms with Gasteiger partial charge in [0.1, 0.15) is 0 Å². The molecule has 1 N–H and O–H groups in total. The molecule has 0 spiro atoms. The summed E-state index contributed by atoms with van der Waals surface area (Å²) in [7, 11) is 0. The van der Waals surface area contributed by atoms with Crippen LogP contribution in [0, 0.1) is 11.8 Å². The summed E-state index contributed by atoms with van der Waals surface area (Å²) in [5.74, 6) is 1.70. The van der Waals surface area contributed by atoms with Gasteiger partial charge in [0.15, 0.2) is 0 Å². The third kappa shape index (κ3) is 2.25. The molecule has 2 fully saturated rings. The Morgan fingerprint density at radius 3 is 2.86 bits per heavy atom. The quantitative estimate of drug-likeness (QED) is 0.832. The predicted octanol–water partition coefficient (Wildman–Crippen LogP) is 4.59. The lowest BCUT2D eigenvalue weighted by Crippen LogP contribution is -2.20. The van der Waals surface area contributed by atoms with E-state index in [1.54, 1.807) is 0 Å². The normalized spacial score (nSPS) is 28.2. The number of nitrogens with zero attached hydrogens (tertiary/aromatic N) is 1. The number of pyridine rings is 1. The second-order valence-electron chi connectivity index (χ2n) is 8.15. The summed E-state index contributed by atoms with van der Waals surface area (Å²) in [6.07, 6.45) is 8.16. The van der Waals surface area contributed by atoms with Gasteiger partial charge in [0, 0.05) is 23.8 Å². The molecule has 0 bridgehead atoms. The fraction of sp³-hybridized carbons (Fsp3) is 0.550. The van der Waals surface area contributed by atoms with Crippen LogP contribution in [0.2, 0.25) is 0 Å². The van der Waals surface area contributed by atoms with Crippen molar-refractivity contribution < 1.29 is 0 Å². The van der Waals surface area contributed by atoms with Gasteiger partial charge in [0.05, 0.1) is 0 Å². The lowest BCUT2D eigenvalue weighted by Gasteiger charge is -2.25. The molecule has 1 aromatic heterocycles. The fourth-order valence-electron chi connectivity index (χ4n) is 4.45. The van der Waals surface area contributed by atoms with Crippen molar-refractivity contribution in [3.63, 3.8) is 0 Å². The highest BCUT2D eigenvalue weighted by atomic mass is 15.0. The van der Waals surface area contributed by atoms with Crippen molar-refractivity contribution in [3.8, 4) is 0 Å². The van der Waals surface area contributed by atoms with Gasteiger partial charge in [0.25, 0.3) is 0 Å². The highest BCUT2D eigenvalue weighted by Crippen LogP contribution is 2.46. The molecule has 1 aliphatic heterocycles. The summed E-state index contributed by atoms with van der Waals surface area (Å²) in [6.45, 7) is 8.11. The van der Waals surface area contributed by atoms with Crippen molar-refractivity contribution in [2.75, 3.05) is 6.54 Å². The number of nitrogens with one attached hydrogen (secondary N) is 1. The summed E-state index contributed by atoms with van der Waals surface area (Å²) >= 11 is 0. The van der Waals surface area contributed by atoms with Gasteiger partial charge in [-0.1, -0.05) is 39.3 Å². The second kappa shape index (κ2) is 5.06. The molecule has 2 aliphatic rings. The summed E-state index contributed by atoms with van der Waals surface area (Å²) in [5, 5.41) is 6.49. The maximum absolute atomic E-state index is 4.39. The van der Waals surface area contributed by atoms with Crippen molar-refractivity contribution >= 4 is 10.8 Å². The van der Waals surface area contributed by atoms with E-state index in [-0.39, 0.29) is 5.41 Å². The largest absolute Gasteiger partial charge is 0.309 e. The molecular formula is C20H26N2. The summed E-state index contributed by atoms with van der Waals surface area (Å²) in [6, 6.07) is 7.47. The molecule has 116 valence electrons. The van der Waals surface area contributed by atoms with Crippen LogP contribution in [-0.4, -0.2) is 11.5 Å². The minimum atomic E-state index is 0.180. The molecule has 1 saturated carbocycles. The highest BCUT2D eigenvalue weighted by molar-refractivity contribution is 5.86.